The SMILES string of the molecule is Cc1cc([C@@H]2C3CCC(C[C@@H]2c2ccc(Cl)cc2)N3C)on1.Cl. The minimum absolute atomic E-state index is 0. The summed E-state index contributed by atoms with van der Waals surface area (Å²) in [5.74, 6) is 1.90. The lowest BCUT2D eigenvalue weighted by atomic mass is 9.75. The second kappa shape index (κ2) is 6.46. The third-order valence-corrected chi connectivity index (χ3v) is 5.79. The molecule has 23 heavy (non-hydrogen) atoms. The van der Waals surface area contributed by atoms with Gasteiger partial charge in [0.05, 0.1) is 5.69 Å². The molecule has 3 heterocycles. The fourth-order valence-corrected chi connectivity index (χ4v) is 4.57. The highest BCUT2D eigenvalue weighted by atomic mass is 35.5. The van der Waals surface area contributed by atoms with Crippen LogP contribution in [-0.2, 0) is 0 Å². The van der Waals surface area contributed by atoms with Crippen molar-refractivity contribution in [1.82, 2.24) is 10.1 Å². The zero-order chi connectivity index (χ0) is 15.3. The number of likely N-dealkylation sites (N-methyl/N-ethyl adjacent to an activating group) is 1. The molecule has 0 amide bonds. The van der Waals surface area contributed by atoms with Crippen LogP contribution < -0.4 is 0 Å². The molecular formula is C18H22Cl2N2O. The van der Waals surface area contributed by atoms with Crippen molar-refractivity contribution in [3.8, 4) is 0 Å². The molecule has 0 N–H and O–H groups in total. The molecule has 0 radical (unpaired) electrons. The van der Waals surface area contributed by atoms with Gasteiger partial charge in [0.2, 0.25) is 0 Å². The molecule has 2 bridgehead atoms. The Balaban J connectivity index is 0.00000156. The maximum Gasteiger partial charge on any atom is 0.142 e. The second-order valence-corrected chi connectivity index (χ2v) is 7.19. The van der Waals surface area contributed by atoms with Gasteiger partial charge in [0.15, 0.2) is 0 Å². The topological polar surface area (TPSA) is 29.3 Å². The summed E-state index contributed by atoms with van der Waals surface area (Å²) in [6.07, 6.45) is 3.71. The van der Waals surface area contributed by atoms with Crippen molar-refractivity contribution in [1.29, 1.82) is 0 Å². The van der Waals surface area contributed by atoms with Gasteiger partial charge in [-0.25, -0.2) is 0 Å². The lowest BCUT2D eigenvalue weighted by Gasteiger charge is -2.42. The molecule has 0 spiro atoms. The number of aromatic nitrogens is 1. The Morgan fingerprint density at radius 3 is 2.61 bits per heavy atom. The molecule has 0 saturated carbocycles. The third-order valence-electron chi connectivity index (χ3n) is 5.54. The quantitative estimate of drug-likeness (QED) is 0.777. The summed E-state index contributed by atoms with van der Waals surface area (Å²) in [7, 11) is 2.26. The van der Waals surface area contributed by atoms with Crippen LogP contribution in [0.4, 0.5) is 0 Å². The number of rotatable bonds is 2. The largest absolute Gasteiger partial charge is 0.361 e. The molecule has 1 aromatic carbocycles. The molecule has 1 aromatic heterocycles. The summed E-state index contributed by atoms with van der Waals surface area (Å²) in [4.78, 5) is 2.55. The van der Waals surface area contributed by atoms with E-state index in [1.807, 2.05) is 19.1 Å². The molecule has 2 unspecified atom stereocenters. The van der Waals surface area contributed by atoms with E-state index in [2.05, 4.69) is 35.3 Å². The molecule has 0 aliphatic carbocycles. The van der Waals surface area contributed by atoms with Crippen LogP contribution in [0, 0.1) is 6.92 Å². The molecule has 2 aromatic rings. The molecule has 2 saturated heterocycles. The van der Waals surface area contributed by atoms with Crippen LogP contribution in [0.15, 0.2) is 34.9 Å². The zero-order valence-corrected chi connectivity index (χ0v) is 15.0. The van der Waals surface area contributed by atoms with Gasteiger partial charge in [-0.3, -0.25) is 4.90 Å². The number of piperidine rings is 1. The van der Waals surface area contributed by atoms with Crippen LogP contribution in [0.5, 0.6) is 0 Å². The average molecular weight is 353 g/mol. The van der Waals surface area contributed by atoms with Crippen LogP contribution in [0.2, 0.25) is 5.02 Å². The maximum absolute atomic E-state index is 6.06. The van der Waals surface area contributed by atoms with Crippen molar-refractivity contribution >= 4 is 24.0 Å². The van der Waals surface area contributed by atoms with Crippen molar-refractivity contribution in [2.75, 3.05) is 7.05 Å². The van der Waals surface area contributed by atoms with Crippen molar-refractivity contribution in [3.63, 3.8) is 0 Å². The van der Waals surface area contributed by atoms with E-state index in [9.17, 15) is 0 Å². The summed E-state index contributed by atoms with van der Waals surface area (Å²) >= 11 is 6.06. The standard InChI is InChI=1S/C18H21ClN2O.ClH/c1-11-9-17(22-20-11)18-15(12-3-5-13(19)6-4-12)10-14-7-8-16(18)21(14)2;/h3-6,9,14-16,18H,7-8,10H2,1-2H3;1H/t14?,15-,16?,18+;/m1./s1. The lowest BCUT2D eigenvalue weighted by Crippen LogP contribution is -2.44. The fraction of sp³-hybridized carbons (Fsp3) is 0.500. The Kier molecular flexibility index (Phi) is 4.73. The first-order valence-electron chi connectivity index (χ1n) is 8.04. The predicted octanol–water partition coefficient (Wildman–Crippen LogP) is 4.79. The molecule has 2 aliphatic rings. The second-order valence-electron chi connectivity index (χ2n) is 6.75. The summed E-state index contributed by atoms with van der Waals surface area (Å²) in [6, 6.07) is 11.7. The predicted molar refractivity (Wildman–Crippen MR) is 94.6 cm³/mol. The van der Waals surface area contributed by atoms with Crippen LogP contribution in [0.3, 0.4) is 0 Å². The number of aryl methyl sites for hydroxylation is 1. The van der Waals surface area contributed by atoms with Gasteiger partial charge in [-0.2, -0.15) is 0 Å². The number of benzene rings is 1. The van der Waals surface area contributed by atoms with E-state index in [0.717, 1.165) is 16.5 Å². The van der Waals surface area contributed by atoms with Crippen LogP contribution >= 0.6 is 24.0 Å². The first-order chi connectivity index (χ1) is 10.6. The van der Waals surface area contributed by atoms with Crippen molar-refractivity contribution < 1.29 is 4.52 Å². The van der Waals surface area contributed by atoms with E-state index >= 15 is 0 Å². The average Bonchev–Trinajstić information content (AvgIpc) is 3.02. The van der Waals surface area contributed by atoms with Crippen LogP contribution in [0.25, 0.3) is 0 Å². The number of hydrogen-bond acceptors (Lipinski definition) is 3. The zero-order valence-electron chi connectivity index (χ0n) is 13.4. The van der Waals surface area contributed by atoms with Crippen molar-refractivity contribution in [3.05, 3.63) is 52.4 Å². The summed E-state index contributed by atoms with van der Waals surface area (Å²) < 4.78 is 5.68. The lowest BCUT2D eigenvalue weighted by molar-refractivity contribution is 0.122. The smallest absolute Gasteiger partial charge is 0.142 e. The summed E-state index contributed by atoms with van der Waals surface area (Å²) in [5, 5.41) is 4.92. The third kappa shape index (κ3) is 2.90. The van der Waals surface area contributed by atoms with Gasteiger partial charge in [0, 0.05) is 29.1 Å². The minimum Gasteiger partial charge on any atom is -0.361 e. The van der Waals surface area contributed by atoms with Gasteiger partial charge in [0.25, 0.3) is 0 Å². The van der Waals surface area contributed by atoms with Gasteiger partial charge in [-0.05, 0) is 56.8 Å². The van der Waals surface area contributed by atoms with E-state index in [1.54, 1.807) is 0 Å². The van der Waals surface area contributed by atoms with Crippen molar-refractivity contribution in [2.24, 2.45) is 0 Å². The molecule has 4 rings (SSSR count). The number of nitrogens with zero attached hydrogens (tertiary/aromatic N) is 2. The first-order valence-corrected chi connectivity index (χ1v) is 8.42. The first kappa shape index (κ1) is 16.8. The summed E-state index contributed by atoms with van der Waals surface area (Å²) in [6.45, 7) is 1.99. The van der Waals surface area contributed by atoms with Gasteiger partial charge in [-0.15, -0.1) is 12.4 Å². The van der Waals surface area contributed by atoms with Crippen LogP contribution in [0.1, 0.15) is 48.1 Å². The fourth-order valence-electron chi connectivity index (χ4n) is 4.45. The van der Waals surface area contributed by atoms with E-state index in [-0.39, 0.29) is 12.4 Å². The van der Waals surface area contributed by atoms with Gasteiger partial charge in [0.1, 0.15) is 5.76 Å². The van der Waals surface area contributed by atoms with Gasteiger partial charge in [-0.1, -0.05) is 28.9 Å². The Bertz CT molecular complexity index is 670. The highest BCUT2D eigenvalue weighted by molar-refractivity contribution is 6.30. The van der Waals surface area contributed by atoms with E-state index in [4.69, 9.17) is 16.1 Å². The van der Waals surface area contributed by atoms with E-state index in [0.29, 0.717) is 23.9 Å². The monoisotopic (exact) mass is 352 g/mol. The minimum atomic E-state index is 0. The molecular weight excluding hydrogens is 331 g/mol. The number of halogens is 2. The molecule has 2 fully saturated rings. The number of hydrogen-bond donors (Lipinski definition) is 0. The molecule has 5 heteroatoms. The highest BCUT2D eigenvalue weighted by Crippen LogP contribution is 2.50. The molecule has 2 aliphatic heterocycles. The van der Waals surface area contributed by atoms with E-state index in [1.165, 1.54) is 24.8 Å². The van der Waals surface area contributed by atoms with Crippen LogP contribution in [-0.4, -0.2) is 29.2 Å². The normalized spacial score (nSPS) is 30.2. The number of fused-ring (bicyclic) bond motifs is 2. The highest BCUT2D eigenvalue weighted by Gasteiger charge is 2.47. The Morgan fingerprint density at radius 1 is 1.22 bits per heavy atom. The Morgan fingerprint density at radius 2 is 1.96 bits per heavy atom. The van der Waals surface area contributed by atoms with Gasteiger partial charge >= 0.3 is 0 Å². The molecule has 4 atom stereocenters. The van der Waals surface area contributed by atoms with Gasteiger partial charge < -0.3 is 4.52 Å². The van der Waals surface area contributed by atoms with E-state index < -0.39 is 0 Å². The maximum atomic E-state index is 6.06. The molecule has 3 nitrogen and oxygen atoms in total. The van der Waals surface area contributed by atoms with Crippen molar-refractivity contribution in [2.45, 2.75) is 50.1 Å². The molecule has 124 valence electrons. The Labute approximate surface area is 148 Å². The Hall–Kier alpha value is -1.03. The summed E-state index contributed by atoms with van der Waals surface area (Å²) in [5.41, 5.74) is 2.33.